The van der Waals surface area contributed by atoms with Gasteiger partial charge in [-0.05, 0) is 12.8 Å². The molecular formula is C9H15ClN2O2S2. The number of alkyl halides is 1. The maximum Gasteiger partial charge on any atom is 0.212 e. The van der Waals surface area contributed by atoms with E-state index in [0.717, 1.165) is 16.3 Å². The van der Waals surface area contributed by atoms with Gasteiger partial charge in [0, 0.05) is 17.0 Å². The van der Waals surface area contributed by atoms with Gasteiger partial charge in [-0.15, -0.1) is 22.9 Å². The molecule has 0 amide bonds. The molecule has 0 atom stereocenters. The van der Waals surface area contributed by atoms with E-state index >= 15 is 0 Å². The van der Waals surface area contributed by atoms with E-state index < -0.39 is 10.0 Å². The lowest BCUT2D eigenvalue weighted by Gasteiger charge is -2.03. The highest BCUT2D eigenvalue weighted by Crippen LogP contribution is 2.13. The quantitative estimate of drug-likeness (QED) is 0.775. The Balaban J connectivity index is 2.44. The van der Waals surface area contributed by atoms with Crippen molar-refractivity contribution in [2.45, 2.75) is 26.3 Å². The van der Waals surface area contributed by atoms with Crippen molar-refractivity contribution in [2.24, 2.45) is 0 Å². The zero-order chi connectivity index (χ0) is 12.0. The van der Waals surface area contributed by atoms with E-state index in [1.165, 1.54) is 11.3 Å². The molecule has 1 aromatic rings. The molecule has 0 aliphatic heterocycles. The second kappa shape index (κ2) is 6.54. The lowest BCUT2D eigenvalue weighted by atomic mass is 10.4. The van der Waals surface area contributed by atoms with Crippen molar-refractivity contribution in [3.8, 4) is 0 Å². The first-order valence-corrected chi connectivity index (χ1v) is 8.04. The molecule has 0 saturated heterocycles. The van der Waals surface area contributed by atoms with Gasteiger partial charge in [0.15, 0.2) is 0 Å². The topological polar surface area (TPSA) is 59.1 Å². The van der Waals surface area contributed by atoms with Crippen LogP contribution in [0.5, 0.6) is 0 Å². The Morgan fingerprint density at radius 3 is 2.88 bits per heavy atom. The molecule has 0 saturated carbocycles. The summed E-state index contributed by atoms with van der Waals surface area (Å²) in [6.07, 6.45) is 3.18. The van der Waals surface area contributed by atoms with E-state index in [1.807, 2.05) is 6.92 Å². The predicted octanol–water partition coefficient (Wildman–Crippen LogP) is 1.75. The van der Waals surface area contributed by atoms with Gasteiger partial charge in [0.2, 0.25) is 10.0 Å². The van der Waals surface area contributed by atoms with Crippen molar-refractivity contribution in [1.82, 2.24) is 9.71 Å². The zero-order valence-corrected chi connectivity index (χ0v) is 11.5. The number of nitrogens with one attached hydrogen (secondary N) is 1. The Kier molecular flexibility index (Phi) is 5.68. The molecule has 0 bridgehead atoms. The maximum absolute atomic E-state index is 11.4. The van der Waals surface area contributed by atoms with Crippen molar-refractivity contribution < 1.29 is 8.42 Å². The number of halogens is 1. The summed E-state index contributed by atoms with van der Waals surface area (Å²) in [4.78, 5) is 5.30. The first-order chi connectivity index (χ1) is 7.57. The number of sulfonamides is 1. The molecule has 0 unspecified atom stereocenters. The summed E-state index contributed by atoms with van der Waals surface area (Å²) in [6, 6.07) is 0. The van der Waals surface area contributed by atoms with Crippen LogP contribution in [-0.4, -0.2) is 25.0 Å². The van der Waals surface area contributed by atoms with Crippen molar-refractivity contribution in [3.63, 3.8) is 0 Å². The minimum Gasteiger partial charge on any atom is -0.248 e. The number of nitrogens with zero attached hydrogens (tertiary/aromatic N) is 1. The minimum absolute atomic E-state index is 0.0719. The average Bonchev–Trinajstić information content (AvgIpc) is 2.72. The third-order valence-corrected chi connectivity index (χ3v) is 4.76. The number of thiazole rings is 1. The van der Waals surface area contributed by atoms with Crippen LogP contribution in [0.4, 0.5) is 0 Å². The number of aryl methyl sites for hydroxylation is 1. The largest absolute Gasteiger partial charge is 0.248 e. The first-order valence-electron chi connectivity index (χ1n) is 5.04. The molecule has 0 radical (unpaired) electrons. The van der Waals surface area contributed by atoms with Gasteiger partial charge in [0.1, 0.15) is 5.01 Å². The van der Waals surface area contributed by atoms with E-state index in [0.29, 0.717) is 12.3 Å². The summed E-state index contributed by atoms with van der Waals surface area (Å²) in [6.45, 7) is 2.32. The van der Waals surface area contributed by atoms with E-state index in [9.17, 15) is 8.42 Å². The SMILES string of the molecule is CCc1cnc(CNS(=O)(=O)CCCCl)s1. The monoisotopic (exact) mass is 282 g/mol. The fourth-order valence-electron chi connectivity index (χ4n) is 1.08. The molecular weight excluding hydrogens is 268 g/mol. The van der Waals surface area contributed by atoms with Crippen LogP contribution in [0.2, 0.25) is 0 Å². The van der Waals surface area contributed by atoms with Crippen LogP contribution in [0.25, 0.3) is 0 Å². The van der Waals surface area contributed by atoms with Gasteiger partial charge in [0.25, 0.3) is 0 Å². The Morgan fingerprint density at radius 2 is 2.31 bits per heavy atom. The summed E-state index contributed by atoms with van der Waals surface area (Å²) in [5, 5.41) is 0.797. The van der Waals surface area contributed by atoms with Gasteiger partial charge in [-0.3, -0.25) is 0 Å². The van der Waals surface area contributed by atoms with E-state index in [-0.39, 0.29) is 12.3 Å². The lowest BCUT2D eigenvalue weighted by molar-refractivity contribution is 0.580. The molecule has 1 heterocycles. The standard InChI is InChI=1S/C9H15ClN2O2S2/c1-2-8-6-11-9(15-8)7-12-16(13,14)5-3-4-10/h6,12H,2-5,7H2,1H3. The van der Waals surface area contributed by atoms with Crippen molar-refractivity contribution in [1.29, 1.82) is 0 Å². The van der Waals surface area contributed by atoms with Gasteiger partial charge in [-0.2, -0.15) is 0 Å². The Morgan fingerprint density at radius 1 is 1.56 bits per heavy atom. The summed E-state index contributed by atoms with van der Waals surface area (Å²) in [7, 11) is -3.21. The number of hydrogen-bond donors (Lipinski definition) is 1. The molecule has 4 nitrogen and oxygen atoms in total. The van der Waals surface area contributed by atoms with Crippen molar-refractivity contribution in [3.05, 3.63) is 16.1 Å². The van der Waals surface area contributed by atoms with E-state index in [2.05, 4.69) is 9.71 Å². The predicted molar refractivity (Wildman–Crippen MR) is 67.5 cm³/mol. The Hall–Kier alpha value is -0.170. The highest BCUT2D eigenvalue weighted by molar-refractivity contribution is 7.89. The van der Waals surface area contributed by atoms with Crippen LogP contribution < -0.4 is 4.72 Å². The molecule has 16 heavy (non-hydrogen) atoms. The van der Waals surface area contributed by atoms with Crippen LogP contribution in [0.3, 0.4) is 0 Å². The van der Waals surface area contributed by atoms with E-state index in [1.54, 1.807) is 6.20 Å². The van der Waals surface area contributed by atoms with E-state index in [4.69, 9.17) is 11.6 Å². The fraction of sp³-hybridized carbons (Fsp3) is 0.667. The van der Waals surface area contributed by atoms with Crippen LogP contribution in [0, 0.1) is 0 Å². The van der Waals surface area contributed by atoms with Gasteiger partial charge >= 0.3 is 0 Å². The molecule has 1 aromatic heterocycles. The zero-order valence-electron chi connectivity index (χ0n) is 9.07. The second-order valence-electron chi connectivity index (χ2n) is 3.26. The van der Waals surface area contributed by atoms with Gasteiger partial charge < -0.3 is 0 Å². The molecule has 0 spiro atoms. The summed E-state index contributed by atoms with van der Waals surface area (Å²) in [5.41, 5.74) is 0. The molecule has 1 rings (SSSR count). The fourth-order valence-corrected chi connectivity index (χ4v) is 3.29. The Labute approximate surface area is 105 Å². The third kappa shape index (κ3) is 4.78. The lowest BCUT2D eigenvalue weighted by Crippen LogP contribution is -2.26. The first kappa shape index (κ1) is 13.9. The molecule has 0 aliphatic carbocycles. The molecule has 7 heteroatoms. The normalized spacial score (nSPS) is 11.9. The molecule has 1 N–H and O–H groups in total. The summed E-state index contributed by atoms with van der Waals surface area (Å²) < 4.78 is 25.4. The highest BCUT2D eigenvalue weighted by atomic mass is 35.5. The van der Waals surface area contributed by atoms with Gasteiger partial charge in [0.05, 0.1) is 12.3 Å². The van der Waals surface area contributed by atoms with Gasteiger partial charge in [-0.25, -0.2) is 18.1 Å². The minimum atomic E-state index is -3.21. The van der Waals surface area contributed by atoms with Crippen molar-refractivity contribution in [2.75, 3.05) is 11.6 Å². The van der Waals surface area contributed by atoms with Crippen LogP contribution >= 0.6 is 22.9 Å². The average molecular weight is 283 g/mol. The highest BCUT2D eigenvalue weighted by Gasteiger charge is 2.10. The number of rotatable bonds is 7. The molecule has 0 aliphatic rings. The smallest absolute Gasteiger partial charge is 0.212 e. The number of hydrogen-bond acceptors (Lipinski definition) is 4. The van der Waals surface area contributed by atoms with Crippen molar-refractivity contribution >= 4 is 33.0 Å². The molecule has 0 aromatic carbocycles. The van der Waals surface area contributed by atoms with Gasteiger partial charge in [-0.1, -0.05) is 6.92 Å². The van der Waals surface area contributed by atoms with Crippen LogP contribution in [-0.2, 0) is 23.0 Å². The summed E-state index contributed by atoms with van der Waals surface area (Å²) >= 11 is 6.98. The molecule has 92 valence electrons. The maximum atomic E-state index is 11.4. The third-order valence-electron chi connectivity index (χ3n) is 1.94. The summed E-state index contributed by atoms with van der Waals surface area (Å²) in [5.74, 6) is 0.431. The van der Waals surface area contributed by atoms with Crippen LogP contribution in [0.1, 0.15) is 23.2 Å². The number of aromatic nitrogens is 1. The molecule has 0 fully saturated rings. The Bertz CT molecular complexity index is 417. The van der Waals surface area contributed by atoms with Crippen LogP contribution in [0.15, 0.2) is 6.20 Å². The second-order valence-corrected chi connectivity index (χ2v) is 6.76.